The molecule has 3 N–H and O–H groups in total. The van der Waals surface area contributed by atoms with Crippen LogP contribution in [0.25, 0.3) is 0 Å². The molecule has 1 atom stereocenters. The Morgan fingerprint density at radius 1 is 1.12 bits per heavy atom. The van der Waals surface area contributed by atoms with E-state index in [0.717, 1.165) is 52.5 Å². The van der Waals surface area contributed by atoms with Crippen molar-refractivity contribution in [1.82, 2.24) is 9.80 Å². The lowest BCUT2D eigenvalue weighted by molar-refractivity contribution is -0.00591. The van der Waals surface area contributed by atoms with E-state index in [1.165, 1.54) is 0 Å². The molecule has 0 aromatic carbocycles. The van der Waals surface area contributed by atoms with Crippen LogP contribution in [0.5, 0.6) is 0 Å². The fraction of sp³-hybridized carbons (Fsp3) is 0.909. The average Bonchev–Trinajstić information content (AvgIpc) is 2.38. The van der Waals surface area contributed by atoms with Gasteiger partial charge in [-0.1, -0.05) is 0 Å². The molecule has 0 bridgehead atoms. The van der Waals surface area contributed by atoms with Crippen LogP contribution in [-0.2, 0) is 9.47 Å². The molecular weight excluding hydrogens is 220 g/mol. The van der Waals surface area contributed by atoms with Gasteiger partial charge in [0.15, 0.2) is 0 Å². The third-order valence-corrected chi connectivity index (χ3v) is 3.33. The number of morpholine rings is 2. The van der Waals surface area contributed by atoms with Crippen LogP contribution in [0, 0.1) is 5.41 Å². The Bertz CT molecular complexity index is 256. The molecule has 2 saturated heterocycles. The van der Waals surface area contributed by atoms with Crippen molar-refractivity contribution in [2.45, 2.75) is 6.10 Å². The third-order valence-electron chi connectivity index (χ3n) is 3.33. The van der Waals surface area contributed by atoms with Crippen LogP contribution in [0.1, 0.15) is 0 Å². The van der Waals surface area contributed by atoms with Gasteiger partial charge in [0.1, 0.15) is 11.9 Å². The van der Waals surface area contributed by atoms with Crippen LogP contribution in [0.15, 0.2) is 0 Å². The highest BCUT2D eigenvalue weighted by atomic mass is 16.5. The predicted molar refractivity (Wildman–Crippen MR) is 65.4 cm³/mol. The van der Waals surface area contributed by atoms with E-state index < -0.39 is 0 Å². The first-order valence-corrected chi connectivity index (χ1v) is 6.23. The Kier molecular flexibility index (Phi) is 4.73. The Hall–Kier alpha value is -0.690. The molecule has 0 aromatic rings. The van der Waals surface area contributed by atoms with Crippen LogP contribution in [-0.4, -0.2) is 80.8 Å². The topological polar surface area (TPSA) is 74.8 Å². The first-order chi connectivity index (χ1) is 8.25. The van der Waals surface area contributed by atoms with E-state index in [9.17, 15) is 0 Å². The quantitative estimate of drug-likeness (QED) is 0.486. The van der Waals surface area contributed by atoms with Crippen molar-refractivity contribution in [1.29, 1.82) is 5.41 Å². The Balaban J connectivity index is 1.69. The lowest BCUT2D eigenvalue weighted by atomic mass is 10.2. The van der Waals surface area contributed by atoms with Crippen molar-refractivity contribution >= 4 is 5.84 Å². The van der Waals surface area contributed by atoms with Gasteiger partial charge in [0.05, 0.1) is 19.8 Å². The highest BCUT2D eigenvalue weighted by Crippen LogP contribution is 2.05. The van der Waals surface area contributed by atoms with Gasteiger partial charge < -0.3 is 15.2 Å². The fourth-order valence-electron chi connectivity index (χ4n) is 2.20. The van der Waals surface area contributed by atoms with E-state index >= 15 is 0 Å². The van der Waals surface area contributed by atoms with Crippen molar-refractivity contribution < 1.29 is 9.47 Å². The zero-order valence-corrected chi connectivity index (χ0v) is 10.2. The zero-order valence-electron chi connectivity index (χ0n) is 10.2. The molecule has 0 aromatic heterocycles. The molecule has 0 amide bonds. The second-order valence-electron chi connectivity index (χ2n) is 4.57. The maximum atomic E-state index is 7.41. The minimum atomic E-state index is -0.214. The summed E-state index contributed by atoms with van der Waals surface area (Å²) in [6.07, 6.45) is -0.214. The van der Waals surface area contributed by atoms with Gasteiger partial charge in [0.25, 0.3) is 0 Å². The average molecular weight is 242 g/mol. The molecule has 6 heteroatoms. The summed E-state index contributed by atoms with van der Waals surface area (Å²) in [7, 11) is 0. The second-order valence-corrected chi connectivity index (χ2v) is 4.57. The molecular formula is C11H22N4O2. The SMILES string of the molecule is N=C(N)C1CN(CCN2CCOCC2)CCO1. The van der Waals surface area contributed by atoms with Crippen LogP contribution < -0.4 is 5.73 Å². The molecule has 2 aliphatic rings. The van der Waals surface area contributed by atoms with Gasteiger partial charge in [-0.15, -0.1) is 0 Å². The Morgan fingerprint density at radius 3 is 2.47 bits per heavy atom. The normalized spacial score (nSPS) is 28.1. The van der Waals surface area contributed by atoms with Crippen molar-refractivity contribution in [2.24, 2.45) is 5.73 Å². The summed E-state index contributed by atoms with van der Waals surface area (Å²) in [6.45, 7) is 8.20. The molecule has 2 aliphatic heterocycles. The second kappa shape index (κ2) is 6.30. The van der Waals surface area contributed by atoms with Gasteiger partial charge in [0, 0.05) is 39.3 Å². The van der Waals surface area contributed by atoms with Gasteiger partial charge in [-0.2, -0.15) is 0 Å². The first kappa shape index (κ1) is 12.8. The van der Waals surface area contributed by atoms with Crippen molar-refractivity contribution in [2.75, 3.05) is 59.1 Å². The summed E-state index contributed by atoms with van der Waals surface area (Å²) in [5.41, 5.74) is 5.47. The highest BCUT2D eigenvalue weighted by molar-refractivity contribution is 5.82. The summed E-state index contributed by atoms with van der Waals surface area (Å²) in [4.78, 5) is 4.74. The van der Waals surface area contributed by atoms with E-state index in [2.05, 4.69) is 9.80 Å². The maximum Gasteiger partial charge on any atom is 0.127 e. The van der Waals surface area contributed by atoms with Crippen LogP contribution >= 0.6 is 0 Å². The molecule has 2 fully saturated rings. The standard InChI is InChI=1S/C11H22N4O2/c12-11(13)10-9-15(5-8-17-10)2-1-14-3-6-16-7-4-14/h10H,1-9H2,(H3,12,13). The molecule has 0 aliphatic carbocycles. The first-order valence-electron chi connectivity index (χ1n) is 6.23. The predicted octanol–water partition coefficient (Wildman–Crippen LogP) is -1.04. The molecule has 6 nitrogen and oxygen atoms in total. The van der Waals surface area contributed by atoms with E-state index in [4.69, 9.17) is 20.6 Å². The van der Waals surface area contributed by atoms with E-state index in [1.54, 1.807) is 0 Å². The summed E-state index contributed by atoms with van der Waals surface area (Å²) in [5, 5.41) is 7.41. The van der Waals surface area contributed by atoms with Gasteiger partial charge >= 0.3 is 0 Å². The van der Waals surface area contributed by atoms with Gasteiger partial charge in [-0.25, -0.2) is 0 Å². The number of nitrogens with two attached hydrogens (primary N) is 1. The number of hydrogen-bond acceptors (Lipinski definition) is 5. The summed E-state index contributed by atoms with van der Waals surface area (Å²) in [5.74, 6) is 0.140. The van der Waals surface area contributed by atoms with E-state index in [0.29, 0.717) is 6.61 Å². The lowest BCUT2D eigenvalue weighted by Crippen LogP contribution is -2.50. The van der Waals surface area contributed by atoms with E-state index in [-0.39, 0.29) is 11.9 Å². The molecule has 0 radical (unpaired) electrons. The summed E-state index contributed by atoms with van der Waals surface area (Å²) in [6, 6.07) is 0. The van der Waals surface area contributed by atoms with Crippen molar-refractivity contribution in [3.05, 3.63) is 0 Å². The zero-order chi connectivity index (χ0) is 12.1. The number of nitrogens with one attached hydrogen (secondary N) is 1. The summed E-state index contributed by atoms with van der Waals surface area (Å²) >= 11 is 0. The number of amidine groups is 1. The van der Waals surface area contributed by atoms with Crippen LogP contribution in [0.4, 0.5) is 0 Å². The molecule has 2 rings (SSSR count). The molecule has 17 heavy (non-hydrogen) atoms. The fourth-order valence-corrected chi connectivity index (χ4v) is 2.20. The highest BCUT2D eigenvalue weighted by Gasteiger charge is 2.22. The molecule has 98 valence electrons. The van der Waals surface area contributed by atoms with E-state index in [1.807, 2.05) is 0 Å². The molecule has 0 spiro atoms. The lowest BCUT2D eigenvalue weighted by Gasteiger charge is -2.34. The Labute approximate surface area is 102 Å². The molecule has 2 heterocycles. The number of rotatable bonds is 4. The van der Waals surface area contributed by atoms with Crippen molar-refractivity contribution in [3.63, 3.8) is 0 Å². The smallest absolute Gasteiger partial charge is 0.127 e. The molecule has 1 unspecified atom stereocenters. The Morgan fingerprint density at radius 2 is 1.76 bits per heavy atom. The minimum Gasteiger partial charge on any atom is -0.385 e. The number of nitrogens with zero attached hydrogens (tertiary/aromatic N) is 2. The number of hydrogen-bond donors (Lipinski definition) is 2. The van der Waals surface area contributed by atoms with Crippen LogP contribution in [0.2, 0.25) is 0 Å². The monoisotopic (exact) mass is 242 g/mol. The maximum absolute atomic E-state index is 7.41. The largest absolute Gasteiger partial charge is 0.385 e. The summed E-state index contributed by atoms with van der Waals surface area (Å²) < 4.78 is 10.8. The molecule has 0 saturated carbocycles. The third kappa shape index (κ3) is 3.92. The van der Waals surface area contributed by atoms with Gasteiger partial charge in [-0.05, 0) is 0 Å². The minimum absolute atomic E-state index is 0.140. The van der Waals surface area contributed by atoms with Gasteiger partial charge in [0.2, 0.25) is 0 Å². The number of ether oxygens (including phenoxy) is 2. The van der Waals surface area contributed by atoms with Crippen molar-refractivity contribution in [3.8, 4) is 0 Å². The van der Waals surface area contributed by atoms with Crippen LogP contribution in [0.3, 0.4) is 0 Å². The van der Waals surface area contributed by atoms with Gasteiger partial charge in [-0.3, -0.25) is 15.2 Å².